The van der Waals surface area contributed by atoms with E-state index in [1.165, 1.54) is 24.4 Å². The predicted molar refractivity (Wildman–Crippen MR) is 64.6 cm³/mol. The molecule has 1 amide bonds. The average molecular weight is 246 g/mol. The van der Waals surface area contributed by atoms with Crippen LogP contribution in [0.5, 0.6) is 5.75 Å². The van der Waals surface area contributed by atoms with Crippen LogP contribution < -0.4 is 5.32 Å². The summed E-state index contributed by atoms with van der Waals surface area (Å²) in [4.78, 5) is 15.5. The number of aromatic hydroxyl groups is 1. The lowest BCUT2D eigenvalue weighted by molar-refractivity contribution is -0.115. The van der Waals surface area contributed by atoms with Crippen molar-refractivity contribution >= 4 is 11.7 Å². The van der Waals surface area contributed by atoms with Gasteiger partial charge < -0.3 is 10.4 Å². The number of nitrogens with one attached hydrogen (secondary N) is 1. The number of aromatic nitrogens is 1. The van der Waals surface area contributed by atoms with Gasteiger partial charge in [-0.25, -0.2) is 9.37 Å². The quantitative estimate of drug-likeness (QED) is 0.871. The summed E-state index contributed by atoms with van der Waals surface area (Å²) < 4.78 is 13.3. The van der Waals surface area contributed by atoms with Gasteiger partial charge in [0, 0.05) is 6.20 Å². The zero-order chi connectivity index (χ0) is 13.0. The first-order valence-electron chi connectivity index (χ1n) is 5.34. The van der Waals surface area contributed by atoms with Crippen molar-refractivity contribution in [1.29, 1.82) is 0 Å². The van der Waals surface area contributed by atoms with Gasteiger partial charge in [-0.1, -0.05) is 18.2 Å². The Morgan fingerprint density at radius 1 is 1.28 bits per heavy atom. The molecule has 5 heteroatoms. The molecule has 1 aromatic carbocycles. The molecule has 0 atom stereocenters. The third-order valence-electron chi connectivity index (χ3n) is 2.35. The minimum Gasteiger partial charge on any atom is -0.504 e. The molecule has 2 N–H and O–H groups in total. The van der Waals surface area contributed by atoms with E-state index in [2.05, 4.69) is 10.3 Å². The van der Waals surface area contributed by atoms with E-state index in [-0.39, 0.29) is 18.0 Å². The molecule has 92 valence electrons. The first-order chi connectivity index (χ1) is 8.66. The van der Waals surface area contributed by atoms with E-state index in [4.69, 9.17) is 0 Å². The SMILES string of the molecule is O=C(Cc1ccccc1F)Nc1ncccc1O. The number of hydrogen-bond donors (Lipinski definition) is 2. The van der Waals surface area contributed by atoms with Gasteiger partial charge in [-0.2, -0.15) is 0 Å². The normalized spacial score (nSPS) is 10.1. The number of rotatable bonds is 3. The zero-order valence-electron chi connectivity index (χ0n) is 9.43. The maximum atomic E-state index is 13.3. The molecule has 1 heterocycles. The second-order valence-electron chi connectivity index (χ2n) is 3.69. The summed E-state index contributed by atoms with van der Waals surface area (Å²) in [5.74, 6) is -0.926. The Hall–Kier alpha value is -2.43. The molecule has 1 aromatic heterocycles. The topological polar surface area (TPSA) is 62.2 Å². The maximum absolute atomic E-state index is 13.3. The third kappa shape index (κ3) is 2.82. The molecule has 0 aliphatic heterocycles. The molecule has 0 bridgehead atoms. The number of halogens is 1. The minimum absolute atomic E-state index is 0.0684. The number of hydrogen-bond acceptors (Lipinski definition) is 3. The van der Waals surface area contributed by atoms with Crippen LogP contribution in [0.2, 0.25) is 0 Å². The van der Waals surface area contributed by atoms with Crippen molar-refractivity contribution in [3.63, 3.8) is 0 Å². The largest absolute Gasteiger partial charge is 0.504 e. The lowest BCUT2D eigenvalue weighted by Crippen LogP contribution is -2.16. The first-order valence-corrected chi connectivity index (χ1v) is 5.34. The number of amides is 1. The Labute approximate surface area is 103 Å². The van der Waals surface area contributed by atoms with Gasteiger partial charge in [0.1, 0.15) is 5.82 Å². The number of carbonyl (C=O) groups is 1. The van der Waals surface area contributed by atoms with Crippen LogP contribution in [0, 0.1) is 5.82 Å². The number of carbonyl (C=O) groups excluding carboxylic acids is 1. The van der Waals surface area contributed by atoms with Crippen molar-refractivity contribution < 1.29 is 14.3 Å². The van der Waals surface area contributed by atoms with E-state index in [1.54, 1.807) is 18.2 Å². The fourth-order valence-electron chi connectivity index (χ4n) is 1.48. The van der Waals surface area contributed by atoms with Gasteiger partial charge in [-0.05, 0) is 23.8 Å². The van der Waals surface area contributed by atoms with Gasteiger partial charge in [-0.15, -0.1) is 0 Å². The summed E-state index contributed by atoms with van der Waals surface area (Å²) >= 11 is 0. The van der Waals surface area contributed by atoms with Crippen LogP contribution in [0.3, 0.4) is 0 Å². The molecule has 0 saturated carbocycles. The molecule has 0 unspecified atom stereocenters. The van der Waals surface area contributed by atoms with Gasteiger partial charge in [0.15, 0.2) is 11.6 Å². The van der Waals surface area contributed by atoms with E-state index < -0.39 is 11.7 Å². The maximum Gasteiger partial charge on any atom is 0.230 e. The summed E-state index contributed by atoms with van der Waals surface area (Å²) in [5.41, 5.74) is 0.297. The Kier molecular flexibility index (Phi) is 3.52. The van der Waals surface area contributed by atoms with Crippen molar-refractivity contribution in [2.24, 2.45) is 0 Å². The minimum atomic E-state index is -0.436. The molecule has 0 saturated heterocycles. The second kappa shape index (κ2) is 5.27. The molecule has 0 aliphatic rings. The van der Waals surface area contributed by atoms with Crippen LogP contribution in [0.1, 0.15) is 5.56 Å². The van der Waals surface area contributed by atoms with Crippen molar-refractivity contribution in [1.82, 2.24) is 4.98 Å². The Balaban J connectivity index is 2.06. The Morgan fingerprint density at radius 2 is 2.06 bits per heavy atom. The average Bonchev–Trinajstić information content (AvgIpc) is 2.35. The van der Waals surface area contributed by atoms with E-state index in [0.29, 0.717) is 5.56 Å². The second-order valence-corrected chi connectivity index (χ2v) is 3.69. The molecule has 0 fully saturated rings. The molecule has 18 heavy (non-hydrogen) atoms. The highest BCUT2D eigenvalue weighted by atomic mass is 19.1. The monoisotopic (exact) mass is 246 g/mol. The standard InChI is InChI=1S/C13H11FN2O2/c14-10-5-2-1-4-9(10)8-12(18)16-13-11(17)6-3-7-15-13/h1-7,17H,8H2,(H,15,16,18). The van der Waals surface area contributed by atoms with E-state index in [0.717, 1.165) is 0 Å². The van der Waals surface area contributed by atoms with Crippen molar-refractivity contribution in [3.8, 4) is 5.75 Å². The van der Waals surface area contributed by atoms with E-state index in [1.807, 2.05) is 0 Å². The molecule has 4 nitrogen and oxygen atoms in total. The fourth-order valence-corrected chi connectivity index (χ4v) is 1.48. The molecule has 0 spiro atoms. The Morgan fingerprint density at radius 3 is 2.78 bits per heavy atom. The van der Waals surface area contributed by atoms with Crippen LogP contribution in [0.25, 0.3) is 0 Å². The van der Waals surface area contributed by atoms with Crippen molar-refractivity contribution in [3.05, 3.63) is 54.0 Å². The first kappa shape index (κ1) is 12.0. The highest BCUT2D eigenvalue weighted by molar-refractivity contribution is 5.92. The van der Waals surface area contributed by atoms with Gasteiger partial charge in [0.05, 0.1) is 6.42 Å². The van der Waals surface area contributed by atoms with E-state index >= 15 is 0 Å². The van der Waals surface area contributed by atoms with Gasteiger partial charge in [-0.3, -0.25) is 4.79 Å². The van der Waals surface area contributed by atoms with Gasteiger partial charge in [0.25, 0.3) is 0 Å². The number of nitrogens with zero attached hydrogens (tertiary/aromatic N) is 1. The summed E-state index contributed by atoms with van der Waals surface area (Å²) in [6.07, 6.45) is 1.33. The molecule has 0 aliphatic carbocycles. The molecule has 2 aromatic rings. The smallest absolute Gasteiger partial charge is 0.230 e. The van der Waals surface area contributed by atoms with Crippen molar-refractivity contribution in [2.45, 2.75) is 6.42 Å². The summed E-state index contributed by atoms with van der Waals surface area (Å²) in [5, 5.41) is 11.8. The lowest BCUT2D eigenvalue weighted by Gasteiger charge is -2.06. The third-order valence-corrected chi connectivity index (χ3v) is 2.35. The predicted octanol–water partition coefficient (Wildman–Crippen LogP) is 2.11. The molecular weight excluding hydrogens is 235 g/mol. The molecule has 0 radical (unpaired) electrons. The Bertz CT molecular complexity index is 523. The number of benzene rings is 1. The van der Waals surface area contributed by atoms with Crippen LogP contribution in [0.4, 0.5) is 10.2 Å². The fraction of sp³-hybridized carbons (Fsp3) is 0.0769. The van der Waals surface area contributed by atoms with Crippen LogP contribution in [-0.2, 0) is 11.2 Å². The summed E-state index contributed by atoms with van der Waals surface area (Å²) in [6, 6.07) is 8.99. The van der Waals surface area contributed by atoms with Crippen LogP contribution in [-0.4, -0.2) is 16.0 Å². The highest BCUT2D eigenvalue weighted by Gasteiger charge is 2.10. The highest BCUT2D eigenvalue weighted by Crippen LogP contribution is 2.18. The molecular formula is C13H11FN2O2. The van der Waals surface area contributed by atoms with Gasteiger partial charge in [0.2, 0.25) is 5.91 Å². The zero-order valence-corrected chi connectivity index (χ0v) is 9.43. The number of anilines is 1. The van der Waals surface area contributed by atoms with Gasteiger partial charge >= 0.3 is 0 Å². The summed E-state index contributed by atoms with van der Waals surface area (Å²) in [7, 11) is 0. The molecule has 2 rings (SSSR count). The van der Waals surface area contributed by atoms with Crippen LogP contribution in [0.15, 0.2) is 42.6 Å². The summed E-state index contributed by atoms with van der Waals surface area (Å²) in [6.45, 7) is 0. The van der Waals surface area contributed by atoms with E-state index in [9.17, 15) is 14.3 Å². The van der Waals surface area contributed by atoms with Crippen molar-refractivity contribution in [2.75, 3.05) is 5.32 Å². The van der Waals surface area contributed by atoms with Crippen LogP contribution >= 0.6 is 0 Å². The lowest BCUT2D eigenvalue weighted by atomic mass is 10.1. The number of pyridine rings is 1.